The Morgan fingerprint density at radius 2 is 2.08 bits per heavy atom. The first-order valence-corrected chi connectivity index (χ1v) is 4.29. The van der Waals surface area contributed by atoms with Crippen LogP contribution >= 0.6 is 0 Å². The van der Waals surface area contributed by atoms with Gasteiger partial charge in [0.25, 0.3) is 0 Å². The summed E-state index contributed by atoms with van der Waals surface area (Å²) in [6.45, 7) is 9.78. The molecule has 3 heteroatoms. The minimum absolute atomic E-state index is 0.131. The summed E-state index contributed by atoms with van der Waals surface area (Å²) in [5.74, 6) is -0.239. The molecule has 0 aromatic heterocycles. The van der Waals surface area contributed by atoms with Gasteiger partial charge in [0.15, 0.2) is 0 Å². The standard InChI is InChI=1S/C10H16O3/c1-4-8(2)9(3)13-7-5-6-10(11)12/h2-7H2,1H3,(H,11,12). The lowest BCUT2D eigenvalue weighted by atomic mass is 10.2. The molecule has 0 aliphatic rings. The lowest BCUT2D eigenvalue weighted by Crippen LogP contribution is -2.00. The van der Waals surface area contributed by atoms with E-state index in [1.807, 2.05) is 6.92 Å². The van der Waals surface area contributed by atoms with Gasteiger partial charge in [-0.05, 0) is 18.4 Å². The number of aliphatic carboxylic acids is 1. The van der Waals surface area contributed by atoms with Crippen LogP contribution in [0, 0.1) is 0 Å². The molecule has 0 heterocycles. The van der Waals surface area contributed by atoms with Crippen molar-refractivity contribution in [3.63, 3.8) is 0 Å². The summed E-state index contributed by atoms with van der Waals surface area (Å²) in [4.78, 5) is 10.1. The fourth-order valence-corrected chi connectivity index (χ4v) is 0.718. The maximum absolute atomic E-state index is 10.1. The third kappa shape index (κ3) is 5.96. The maximum atomic E-state index is 10.1. The Bertz CT molecular complexity index is 206. The summed E-state index contributed by atoms with van der Waals surface area (Å²) in [5, 5.41) is 8.34. The molecule has 0 unspecified atom stereocenters. The highest BCUT2D eigenvalue weighted by atomic mass is 16.5. The van der Waals surface area contributed by atoms with E-state index in [1.165, 1.54) is 0 Å². The van der Waals surface area contributed by atoms with Crippen LogP contribution in [0.2, 0.25) is 0 Å². The molecule has 0 aromatic carbocycles. The van der Waals surface area contributed by atoms with Gasteiger partial charge in [0.1, 0.15) is 5.76 Å². The van der Waals surface area contributed by atoms with E-state index in [4.69, 9.17) is 9.84 Å². The molecule has 0 rings (SSSR count). The Morgan fingerprint density at radius 3 is 2.54 bits per heavy atom. The second-order valence-corrected chi connectivity index (χ2v) is 2.73. The first-order valence-electron chi connectivity index (χ1n) is 4.29. The third-order valence-electron chi connectivity index (χ3n) is 1.63. The number of carboxylic acids is 1. The number of ether oxygens (including phenoxy) is 1. The molecule has 0 saturated carbocycles. The molecule has 0 fully saturated rings. The van der Waals surface area contributed by atoms with Gasteiger partial charge < -0.3 is 9.84 Å². The molecule has 0 aliphatic heterocycles. The molecule has 0 amide bonds. The zero-order valence-corrected chi connectivity index (χ0v) is 8.01. The second-order valence-electron chi connectivity index (χ2n) is 2.73. The third-order valence-corrected chi connectivity index (χ3v) is 1.63. The molecule has 0 aromatic rings. The molecule has 0 radical (unpaired) electrons. The van der Waals surface area contributed by atoms with E-state index in [2.05, 4.69) is 13.2 Å². The van der Waals surface area contributed by atoms with Crippen molar-refractivity contribution in [2.24, 2.45) is 0 Å². The molecule has 74 valence electrons. The SMILES string of the molecule is C=C(CC)C(=C)OCCCC(=O)O. The number of rotatable bonds is 7. The number of hydrogen-bond acceptors (Lipinski definition) is 2. The van der Waals surface area contributed by atoms with Crippen molar-refractivity contribution in [3.05, 3.63) is 24.5 Å². The summed E-state index contributed by atoms with van der Waals surface area (Å²) in [6, 6.07) is 0. The first-order chi connectivity index (χ1) is 6.07. The first kappa shape index (κ1) is 11.8. The molecule has 1 N–H and O–H groups in total. The largest absolute Gasteiger partial charge is 0.494 e. The van der Waals surface area contributed by atoms with E-state index in [0.717, 1.165) is 12.0 Å². The lowest BCUT2D eigenvalue weighted by molar-refractivity contribution is -0.137. The highest BCUT2D eigenvalue weighted by Gasteiger charge is 2.00. The summed E-state index contributed by atoms with van der Waals surface area (Å²) in [5.41, 5.74) is 0.857. The van der Waals surface area contributed by atoms with Crippen LogP contribution in [0.5, 0.6) is 0 Å². The predicted octanol–water partition coefficient (Wildman–Crippen LogP) is 2.35. The quantitative estimate of drug-likeness (QED) is 0.375. The summed E-state index contributed by atoms with van der Waals surface area (Å²) in [7, 11) is 0. The van der Waals surface area contributed by atoms with E-state index in [0.29, 0.717) is 18.8 Å². The van der Waals surface area contributed by atoms with Gasteiger partial charge in [-0.15, -0.1) is 0 Å². The van der Waals surface area contributed by atoms with Crippen LogP contribution < -0.4 is 0 Å². The maximum Gasteiger partial charge on any atom is 0.303 e. The summed E-state index contributed by atoms with van der Waals surface area (Å²) >= 11 is 0. The fraction of sp³-hybridized carbons (Fsp3) is 0.500. The van der Waals surface area contributed by atoms with Crippen LogP contribution in [0.15, 0.2) is 24.5 Å². The summed E-state index contributed by atoms with van der Waals surface area (Å²) in [6.07, 6.45) is 1.44. The Kier molecular flexibility index (Phi) is 5.68. The molecule has 0 bridgehead atoms. The van der Waals surface area contributed by atoms with Crippen LogP contribution in [0.3, 0.4) is 0 Å². The van der Waals surface area contributed by atoms with Crippen molar-refractivity contribution < 1.29 is 14.6 Å². The van der Waals surface area contributed by atoms with Crippen molar-refractivity contribution in [3.8, 4) is 0 Å². The zero-order chi connectivity index (χ0) is 10.3. The van der Waals surface area contributed by atoms with Crippen molar-refractivity contribution in [1.82, 2.24) is 0 Å². The summed E-state index contributed by atoms with van der Waals surface area (Å²) < 4.78 is 5.19. The van der Waals surface area contributed by atoms with E-state index in [9.17, 15) is 4.79 Å². The highest BCUT2D eigenvalue weighted by Crippen LogP contribution is 2.10. The minimum Gasteiger partial charge on any atom is -0.494 e. The van der Waals surface area contributed by atoms with E-state index in [1.54, 1.807) is 0 Å². The van der Waals surface area contributed by atoms with Crippen LogP contribution in [-0.4, -0.2) is 17.7 Å². The van der Waals surface area contributed by atoms with Crippen LogP contribution in [0.25, 0.3) is 0 Å². The molecule has 3 nitrogen and oxygen atoms in total. The van der Waals surface area contributed by atoms with Crippen LogP contribution in [0.1, 0.15) is 26.2 Å². The number of allylic oxidation sites excluding steroid dienone is 1. The molecular formula is C10H16O3. The van der Waals surface area contributed by atoms with E-state index < -0.39 is 5.97 Å². The second kappa shape index (κ2) is 6.29. The van der Waals surface area contributed by atoms with Crippen molar-refractivity contribution in [1.29, 1.82) is 0 Å². The predicted molar refractivity (Wildman–Crippen MR) is 51.4 cm³/mol. The topological polar surface area (TPSA) is 46.5 Å². The average Bonchev–Trinajstić information content (AvgIpc) is 2.10. The molecule has 0 atom stereocenters. The molecule has 0 saturated heterocycles. The van der Waals surface area contributed by atoms with Gasteiger partial charge in [-0.25, -0.2) is 0 Å². The average molecular weight is 184 g/mol. The van der Waals surface area contributed by atoms with E-state index in [-0.39, 0.29) is 6.42 Å². The van der Waals surface area contributed by atoms with Gasteiger partial charge in [-0.3, -0.25) is 4.79 Å². The Hall–Kier alpha value is -1.25. The van der Waals surface area contributed by atoms with Crippen molar-refractivity contribution >= 4 is 5.97 Å². The molecule has 0 aliphatic carbocycles. The van der Waals surface area contributed by atoms with Gasteiger partial charge in [0, 0.05) is 6.42 Å². The highest BCUT2D eigenvalue weighted by molar-refractivity contribution is 5.66. The van der Waals surface area contributed by atoms with Gasteiger partial charge in [-0.2, -0.15) is 0 Å². The Morgan fingerprint density at radius 1 is 1.46 bits per heavy atom. The van der Waals surface area contributed by atoms with Crippen molar-refractivity contribution in [2.45, 2.75) is 26.2 Å². The van der Waals surface area contributed by atoms with Gasteiger partial charge in [0.2, 0.25) is 0 Å². The van der Waals surface area contributed by atoms with Crippen LogP contribution in [-0.2, 0) is 9.53 Å². The fourth-order valence-electron chi connectivity index (χ4n) is 0.718. The zero-order valence-electron chi connectivity index (χ0n) is 8.01. The normalized spacial score (nSPS) is 9.31. The molecule has 0 spiro atoms. The lowest BCUT2D eigenvalue weighted by Gasteiger charge is -2.08. The van der Waals surface area contributed by atoms with Gasteiger partial charge in [-0.1, -0.05) is 20.1 Å². The molecule has 13 heavy (non-hydrogen) atoms. The smallest absolute Gasteiger partial charge is 0.303 e. The van der Waals surface area contributed by atoms with Crippen LogP contribution in [0.4, 0.5) is 0 Å². The van der Waals surface area contributed by atoms with E-state index >= 15 is 0 Å². The number of carboxylic acid groups (broad SMARTS) is 1. The van der Waals surface area contributed by atoms with Gasteiger partial charge in [0.05, 0.1) is 6.61 Å². The molecular weight excluding hydrogens is 168 g/mol. The minimum atomic E-state index is -0.802. The van der Waals surface area contributed by atoms with Crippen molar-refractivity contribution in [2.75, 3.05) is 6.61 Å². The Labute approximate surface area is 78.7 Å². The Balaban J connectivity index is 3.48. The number of carbonyl (C=O) groups is 1. The number of hydrogen-bond donors (Lipinski definition) is 1. The monoisotopic (exact) mass is 184 g/mol. The van der Waals surface area contributed by atoms with Gasteiger partial charge >= 0.3 is 5.97 Å².